The van der Waals surface area contributed by atoms with Gasteiger partial charge >= 0.3 is 6.18 Å². The van der Waals surface area contributed by atoms with Crippen LogP contribution in [0.4, 0.5) is 13.2 Å². The molecule has 0 saturated heterocycles. The summed E-state index contributed by atoms with van der Waals surface area (Å²) in [5.74, 6) is 0. The van der Waals surface area contributed by atoms with Crippen molar-refractivity contribution in [3.8, 4) is 0 Å². The minimum Gasteiger partial charge on any atom is -0.166 e. The van der Waals surface area contributed by atoms with Crippen LogP contribution in [0, 0.1) is 6.92 Å². The molecule has 0 saturated carbocycles. The Kier molecular flexibility index (Phi) is 2.45. The average Bonchev–Trinajstić information content (AvgIpc) is 2.03. The summed E-state index contributed by atoms with van der Waals surface area (Å²) in [7, 11) is 0. The second-order valence-electron chi connectivity index (χ2n) is 2.78. The Balaban J connectivity index is 3.27. The van der Waals surface area contributed by atoms with Crippen LogP contribution in [0.15, 0.2) is 24.8 Å². The first-order chi connectivity index (χ1) is 5.95. The molecule has 0 atom stereocenters. The third-order valence-corrected chi connectivity index (χ3v) is 1.80. The maximum Gasteiger partial charge on any atom is 0.416 e. The van der Waals surface area contributed by atoms with E-state index in [1.807, 2.05) is 0 Å². The van der Waals surface area contributed by atoms with Crippen molar-refractivity contribution in [3.05, 3.63) is 41.5 Å². The van der Waals surface area contributed by atoms with Gasteiger partial charge in [-0.25, -0.2) is 0 Å². The molecule has 0 heterocycles. The van der Waals surface area contributed by atoms with Crippen molar-refractivity contribution in [1.82, 2.24) is 0 Å². The zero-order valence-electron chi connectivity index (χ0n) is 7.15. The largest absolute Gasteiger partial charge is 0.416 e. The molecule has 0 N–H and O–H groups in total. The Bertz CT molecular complexity index is 323. The van der Waals surface area contributed by atoms with Crippen LogP contribution < -0.4 is 0 Å². The molecule has 0 aliphatic heterocycles. The second kappa shape index (κ2) is 3.24. The number of halogens is 3. The van der Waals surface area contributed by atoms with E-state index in [1.54, 1.807) is 6.07 Å². The molecule has 0 aliphatic carbocycles. The van der Waals surface area contributed by atoms with Crippen LogP contribution in [0.5, 0.6) is 0 Å². The van der Waals surface area contributed by atoms with Gasteiger partial charge in [0.15, 0.2) is 0 Å². The van der Waals surface area contributed by atoms with Crippen molar-refractivity contribution in [3.63, 3.8) is 0 Å². The summed E-state index contributed by atoms with van der Waals surface area (Å²) in [4.78, 5) is 0. The highest BCUT2D eigenvalue weighted by molar-refractivity contribution is 5.50. The number of hydrogen-bond donors (Lipinski definition) is 0. The van der Waals surface area contributed by atoms with E-state index in [-0.39, 0.29) is 5.56 Å². The van der Waals surface area contributed by atoms with Gasteiger partial charge in [-0.3, -0.25) is 0 Å². The van der Waals surface area contributed by atoms with Gasteiger partial charge in [0.25, 0.3) is 0 Å². The fourth-order valence-corrected chi connectivity index (χ4v) is 1.07. The number of alkyl halides is 3. The number of benzene rings is 1. The van der Waals surface area contributed by atoms with E-state index in [4.69, 9.17) is 0 Å². The van der Waals surface area contributed by atoms with Gasteiger partial charge in [-0.2, -0.15) is 13.2 Å². The Morgan fingerprint density at radius 1 is 1.31 bits per heavy atom. The lowest BCUT2D eigenvalue weighted by molar-refractivity contribution is -0.138. The van der Waals surface area contributed by atoms with Crippen LogP contribution >= 0.6 is 0 Å². The first-order valence-corrected chi connectivity index (χ1v) is 3.75. The van der Waals surface area contributed by atoms with E-state index in [9.17, 15) is 13.2 Å². The Morgan fingerprint density at radius 3 is 2.38 bits per heavy atom. The van der Waals surface area contributed by atoms with Gasteiger partial charge in [0.2, 0.25) is 0 Å². The summed E-state index contributed by atoms with van der Waals surface area (Å²) in [6, 6.07) is 4.15. The zero-order valence-corrected chi connectivity index (χ0v) is 7.15. The van der Waals surface area contributed by atoms with Crippen LogP contribution in [0.1, 0.15) is 16.7 Å². The average molecular weight is 186 g/mol. The van der Waals surface area contributed by atoms with E-state index in [1.165, 1.54) is 19.1 Å². The lowest BCUT2D eigenvalue weighted by Gasteiger charge is -2.10. The SMILES string of the molecule is C=Cc1ccc(C)c(C(F)(F)F)c1. The van der Waals surface area contributed by atoms with Gasteiger partial charge in [-0.15, -0.1) is 0 Å². The normalized spacial score (nSPS) is 11.4. The molecule has 0 amide bonds. The van der Waals surface area contributed by atoms with E-state index in [0.717, 1.165) is 6.07 Å². The molecule has 0 radical (unpaired) electrons. The number of aryl methyl sites for hydroxylation is 1. The maximum absolute atomic E-state index is 12.3. The van der Waals surface area contributed by atoms with Crippen LogP contribution in [0.25, 0.3) is 6.08 Å². The van der Waals surface area contributed by atoms with E-state index in [2.05, 4.69) is 6.58 Å². The lowest BCUT2D eigenvalue weighted by Crippen LogP contribution is -2.07. The summed E-state index contributed by atoms with van der Waals surface area (Å²) in [6.07, 6.45) is -2.88. The molecule has 0 fully saturated rings. The van der Waals surface area contributed by atoms with Crippen molar-refractivity contribution in [1.29, 1.82) is 0 Å². The summed E-state index contributed by atoms with van der Waals surface area (Å²) in [5.41, 5.74) is 0.126. The summed E-state index contributed by atoms with van der Waals surface area (Å²) in [6.45, 7) is 4.86. The fraction of sp³-hybridized carbons (Fsp3) is 0.200. The predicted molar refractivity (Wildman–Crippen MR) is 46.3 cm³/mol. The van der Waals surface area contributed by atoms with Crippen molar-refractivity contribution in [2.24, 2.45) is 0 Å². The number of hydrogen-bond acceptors (Lipinski definition) is 0. The highest BCUT2D eigenvalue weighted by Crippen LogP contribution is 2.32. The molecule has 0 bridgehead atoms. The van der Waals surface area contributed by atoms with Crippen molar-refractivity contribution in [2.45, 2.75) is 13.1 Å². The highest BCUT2D eigenvalue weighted by Gasteiger charge is 2.32. The van der Waals surface area contributed by atoms with E-state index < -0.39 is 11.7 Å². The van der Waals surface area contributed by atoms with Crippen LogP contribution in [-0.4, -0.2) is 0 Å². The van der Waals surface area contributed by atoms with Crippen molar-refractivity contribution >= 4 is 6.08 Å². The lowest BCUT2D eigenvalue weighted by atomic mass is 10.0. The smallest absolute Gasteiger partial charge is 0.166 e. The van der Waals surface area contributed by atoms with Gasteiger partial charge in [0, 0.05) is 0 Å². The minimum absolute atomic E-state index is 0.234. The first kappa shape index (κ1) is 9.84. The molecule has 0 aliphatic rings. The van der Waals surface area contributed by atoms with Gasteiger partial charge in [-0.05, 0) is 24.1 Å². The fourth-order valence-electron chi connectivity index (χ4n) is 1.07. The van der Waals surface area contributed by atoms with Gasteiger partial charge in [0.05, 0.1) is 5.56 Å². The summed E-state index contributed by atoms with van der Waals surface area (Å²) >= 11 is 0. The highest BCUT2D eigenvalue weighted by atomic mass is 19.4. The molecule has 0 nitrogen and oxygen atoms in total. The van der Waals surface area contributed by atoms with Crippen LogP contribution in [-0.2, 0) is 6.18 Å². The third-order valence-electron chi connectivity index (χ3n) is 1.80. The molecular formula is C10H9F3. The Morgan fingerprint density at radius 2 is 1.92 bits per heavy atom. The monoisotopic (exact) mass is 186 g/mol. The molecule has 0 aromatic heterocycles. The number of rotatable bonds is 1. The second-order valence-corrected chi connectivity index (χ2v) is 2.78. The molecule has 13 heavy (non-hydrogen) atoms. The summed E-state index contributed by atoms with van der Waals surface area (Å²) in [5, 5.41) is 0. The molecule has 70 valence electrons. The molecule has 1 rings (SSSR count). The standard InChI is InChI=1S/C10H9F3/c1-3-8-5-4-7(2)9(6-8)10(11,12)13/h3-6H,1H2,2H3. The maximum atomic E-state index is 12.3. The predicted octanol–water partition coefficient (Wildman–Crippen LogP) is 3.66. The zero-order chi connectivity index (χ0) is 10.1. The van der Waals surface area contributed by atoms with Crippen LogP contribution in [0.3, 0.4) is 0 Å². The Labute approximate surface area is 74.7 Å². The van der Waals surface area contributed by atoms with E-state index >= 15 is 0 Å². The van der Waals surface area contributed by atoms with Crippen molar-refractivity contribution < 1.29 is 13.2 Å². The van der Waals surface area contributed by atoms with Crippen LogP contribution in [0.2, 0.25) is 0 Å². The molecular weight excluding hydrogens is 177 g/mol. The minimum atomic E-state index is -4.27. The molecule has 1 aromatic carbocycles. The Hall–Kier alpha value is -1.25. The summed E-state index contributed by atoms with van der Waals surface area (Å²) < 4.78 is 37.0. The first-order valence-electron chi connectivity index (χ1n) is 3.75. The topological polar surface area (TPSA) is 0 Å². The van der Waals surface area contributed by atoms with Gasteiger partial charge < -0.3 is 0 Å². The molecule has 3 heteroatoms. The van der Waals surface area contributed by atoms with E-state index in [0.29, 0.717) is 5.56 Å². The van der Waals surface area contributed by atoms with Gasteiger partial charge in [-0.1, -0.05) is 24.8 Å². The molecule has 0 unspecified atom stereocenters. The third kappa shape index (κ3) is 2.11. The van der Waals surface area contributed by atoms with Crippen molar-refractivity contribution in [2.75, 3.05) is 0 Å². The molecule has 0 spiro atoms. The van der Waals surface area contributed by atoms with Gasteiger partial charge in [0.1, 0.15) is 0 Å². The molecule has 1 aromatic rings. The quantitative estimate of drug-likeness (QED) is 0.627.